The van der Waals surface area contributed by atoms with Crippen LogP contribution in [0.2, 0.25) is 0 Å². The van der Waals surface area contributed by atoms with Gasteiger partial charge in [0, 0.05) is 22.3 Å². The quantitative estimate of drug-likeness (QED) is 0.128. The first kappa shape index (κ1) is 26.3. The second kappa shape index (κ2) is 14.1. The van der Waals surface area contributed by atoms with E-state index in [0.29, 0.717) is 0 Å². The first-order valence-corrected chi connectivity index (χ1v) is 13.7. The Bertz CT molecular complexity index is 900. The highest BCUT2D eigenvalue weighted by molar-refractivity contribution is 5.99. The minimum Gasteiger partial charge on any atom is -0.456 e. The van der Waals surface area contributed by atoms with Crippen LogP contribution in [0.1, 0.15) is 119 Å². The lowest BCUT2D eigenvalue weighted by atomic mass is 9.87. The molecule has 0 unspecified atom stereocenters. The number of unbranched alkanes of at least 4 members (excludes halogenated alkanes) is 12. The van der Waals surface area contributed by atoms with Crippen molar-refractivity contribution in [1.29, 1.82) is 0 Å². The Kier molecular flexibility index (Phi) is 10.9. The van der Waals surface area contributed by atoms with Crippen LogP contribution in [0.25, 0.3) is 5.57 Å². The number of allylic oxidation sites excluding steroid dienone is 1. The van der Waals surface area contributed by atoms with E-state index in [1.165, 1.54) is 88.2 Å². The summed E-state index contributed by atoms with van der Waals surface area (Å²) in [6, 6.07) is 12.5. The number of carbonyl (C=O) groups excluding carboxylic acids is 1. The van der Waals surface area contributed by atoms with Crippen LogP contribution in [-0.2, 0) is 4.79 Å². The van der Waals surface area contributed by atoms with Gasteiger partial charge in [0.25, 0.3) is 0 Å². The number of ether oxygens (including phenoxy) is 1. The minimum absolute atomic E-state index is 0.831. The predicted octanol–water partition coefficient (Wildman–Crippen LogP) is 9.89. The number of rotatable bonds is 15. The smallest absolute Gasteiger partial charge is 0.146 e. The molecule has 1 heterocycles. The van der Waals surface area contributed by atoms with E-state index in [1.54, 1.807) is 0 Å². The van der Waals surface area contributed by atoms with Crippen LogP contribution in [0.4, 0.5) is 0 Å². The van der Waals surface area contributed by atoms with Crippen molar-refractivity contribution < 1.29 is 9.53 Å². The fourth-order valence-corrected chi connectivity index (χ4v) is 5.04. The molecule has 0 bridgehead atoms. The number of hydrogen-bond donors (Lipinski definition) is 0. The van der Waals surface area contributed by atoms with Gasteiger partial charge in [-0.25, -0.2) is 0 Å². The molecular weight excluding hydrogens is 416 g/mol. The lowest BCUT2D eigenvalue weighted by Gasteiger charge is -2.25. The van der Waals surface area contributed by atoms with Crippen LogP contribution in [0, 0.1) is 13.8 Å². The van der Waals surface area contributed by atoms with Crippen molar-refractivity contribution in [2.24, 2.45) is 0 Å². The van der Waals surface area contributed by atoms with E-state index < -0.39 is 0 Å². The summed E-state index contributed by atoms with van der Waals surface area (Å²) >= 11 is 0. The van der Waals surface area contributed by atoms with Crippen LogP contribution < -0.4 is 4.74 Å². The van der Waals surface area contributed by atoms with Crippen molar-refractivity contribution in [1.82, 2.24) is 0 Å². The predicted molar refractivity (Wildman–Crippen MR) is 145 cm³/mol. The van der Waals surface area contributed by atoms with Gasteiger partial charge in [-0.15, -0.1) is 0 Å². The van der Waals surface area contributed by atoms with Gasteiger partial charge < -0.3 is 4.74 Å². The molecule has 0 fully saturated rings. The van der Waals surface area contributed by atoms with Crippen molar-refractivity contribution in [2.45, 2.75) is 111 Å². The third-order valence-electron chi connectivity index (χ3n) is 7.04. The van der Waals surface area contributed by atoms with Crippen molar-refractivity contribution >= 4 is 11.9 Å². The van der Waals surface area contributed by atoms with Crippen LogP contribution in [-0.4, -0.2) is 6.29 Å². The molecule has 0 radical (unpaired) electrons. The molecular formula is C32H44O2. The second-order valence-electron chi connectivity index (χ2n) is 10.1. The fourth-order valence-electron chi connectivity index (χ4n) is 5.04. The Morgan fingerprint density at radius 3 is 1.56 bits per heavy atom. The van der Waals surface area contributed by atoms with Gasteiger partial charge in [-0.05, 0) is 51.0 Å². The molecule has 0 saturated carbocycles. The molecule has 1 aliphatic heterocycles. The van der Waals surface area contributed by atoms with E-state index in [-0.39, 0.29) is 0 Å². The summed E-state index contributed by atoms with van der Waals surface area (Å²) in [5, 5.41) is 0. The first-order valence-electron chi connectivity index (χ1n) is 13.7. The number of carbonyl (C=O) groups is 1. The monoisotopic (exact) mass is 460 g/mol. The lowest BCUT2D eigenvalue weighted by molar-refractivity contribution is -0.105. The number of aldehydes is 1. The maximum atomic E-state index is 12.2. The summed E-state index contributed by atoms with van der Waals surface area (Å²) in [4.78, 5) is 12.2. The van der Waals surface area contributed by atoms with E-state index in [1.807, 2.05) is 12.1 Å². The molecule has 3 rings (SSSR count). The zero-order chi connectivity index (χ0) is 24.2. The Morgan fingerprint density at radius 1 is 0.676 bits per heavy atom. The summed E-state index contributed by atoms with van der Waals surface area (Å²) in [7, 11) is 0. The van der Waals surface area contributed by atoms with Gasteiger partial charge >= 0.3 is 0 Å². The van der Waals surface area contributed by atoms with Gasteiger partial charge in [0.1, 0.15) is 17.8 Å². The van der Waals surface area contributed by atoms with Crippen LogP contribution >= 0.6 is 0 Å². The standard InChI is InChI=1S/C32H44O2/c1-4-5-6-7-8-9-10-11-12-13-14-15-16-17-27(24-33)32-28-22-25(2)18-20-30(28)34-31-21-19-26(3)23-29(31)32/h18-24H,4-17H2,1-3H3. The third kappa shape index (κ3) is 7.58. The molecule has 2 aromatic rings. The summed E-state index contributed by atoms with van der Waals surface area (Å²) < 4.78 is 6.18. The molecule has 1 aliphatic rings. The average Bonchev–Trinajstić information content (AvgIpc) is 2.84. The van der Waals surface area contributed by atoms with Gasteiger partial charge in [0.2, 0.25) is 0 Å². The Balaban J connectivity index is 1.51. The summed E-state index contributed by atoms with van der Waals surface area (Å²) in [5.74, 6) is 1.70. The normalized spacial score (nSPS) is 12.1. The van der Waals surface area contributed by atoms with Crippen molar-refractivity contribution in [3.63, 3.8) is 0 Å². The van der Waals surface area contributed by atoms with E-state index in [2.05, 4.69) is 45.0 Å². The highest BCUT2D eigenvalue weighted by atomic mass is 16.5. The van der Waals surface area contributed by atoms with Gasteiger partial charge in [-0.1, -0.05) is 107 Å². The molecule has 0 spiro atoms. The van der Waals surface area contributed by atoms with E-state index in [9.17, 15) is 4.79 Å². The van der Waals surface area contributed by atoms with Crippen LogP contribution in [0.15, 0.2) is 42.0 Å². The Hall–Kier alpha value is -2.35. The number of benzene rings is 2. The average molecular weight is 461 g/mol. The second-order valence-corrected chi connectivity index (χ2v) is 10.1. The maximum absolute atomic E-state index is 12.2. The Labute approximate surface area is 207 Å². The zero-order valence-electron chi connectivity index (χ0n) is 21.8. The molecule has 0 atom stereocenters. The molecule has 0 N–H and O–H groups in total. The van der Waals surface area contributed by atoms with Gasteiger partial charge in [0.05, 0.1) is 0 Å². The van der Waals surface area contributed by atoms with Crippen LogP contribution in [0.5, 0.6) is 11.5 Å². The molecule has 0 aromatic heterocycles. The first-order chi connectivity index (χ1) is 16.6. The highest BCUT2D eigenvalue weighted by Gasteiger charge is 2.25. The molecule has 0 amide bonds. The van der Waals surface area contributed by atoms with Crippen molar-refractivity contribution in [2.75, 3.05) is 0 Å². The SMILES string of the molecule is CCCCCCCCCCCCCCCC(C=O)=C1c2cc(C)ccc2Oc2ccc(C)cc21. The van der Waals surface area contributed by atoms with Gasteiger partial charge in [-0.2, -0.15) is 0 Å². The molecule has 34 heavy (non-hydrogen) atoms. The Morgan fingerprint density at radius 2 is 1.12 bits per heavy atom. The minimum atomic E-state index is 0.831. The molecule has 0 saturated heterocycles. The fraction of sp³-hybridized carbons (Fsp3) is 0.531. The van der Waals surface area contributed by atoms with Gasteiger partial charge in [-0.3, -0.25) is 4.79 Å². The van der Waals surface area contributed by atoms with Crippen molar-refractivity contribution in [3.05, 3.63) is 64.2 Å². The number of fused-ring (bicyclic) bond motifs is 2. The van der Waals surface area contributed by atoms with Gasteiger partial charge in [0.15, 0.2) is 0 Å². The summed E-state index contributed by atoms with van der Waals surface area (Å²) in [5.41, 5.74) is 6.44. The largest absolute Gasteiger partial charge is 0.456 e. The van der Waals surface area contributed by atoms with E-state index in [4.69, 9.17) is 4.74 Å². The lowest BCUT2D eigenvalue weighted by Crippen LogP contribution is -2.06. The summed E-state index contributed by atoms with van der Waals surface area (Å²) in [6.45, 7) is 6.47. The highest BCUT2D eigenvalue weighted by Crippen LogP contribution is 2.46. The third-order valence-corrected chi connectivity index (χ3v) is 7.04. The van der Waals surface area contributed by atoms with E-state index >= 15 is 0 Å². The topological polar surface area (TPSA) is 26.3 Å². The number of aryl methyl sites for hydroxylation is 2. The number of hydrogen-bond acceptors (Lipinski definition) is 2. The summed E-state index contributed by atoms with van der Waals surface area (Å²) in [6.07, 6.45) is 19.3. The molecule has 2 nitrogen and oxygen atoms in total. The molecule has 2 aromatic carbocycles. The molecule has 2 heteroatoms. The maximum Gasteiger partial charge on any atom is 0.146 e. The molecule has 184 valence electrons. The zero-order valence-corrected chi connectivity index (χ0v) is 21.8. The molecule has 0 aliphatic carbocycles. The van der Waals surface area contributed by atoms with Crippen molar-refractivity contribution in [3.8, 4) is 11.5 Å². The van der Waals surface area contributed by atoms with Crippen LogP contribution in [0.3, 0.4) is 0 Å². The van der Waals surface area contributed by atoms with E-state index in [0.717, 1.165) is 52.9 Å².